The van der Waals surface area contributed by atoms with Crippen LogP contribution in [0.15, 0.2) is 28.2 Å². The van der Waals surface area contributed by atoms with E-state index in [-0.39, 0.29) is 41.5 Å². The lowest BCUT2D eigenvalue weighted by Gasteiger charge is -2.05. The molecule has 0 bridgehead atoms. The molecule has 8 nitrogen and oxygen atoms in total. The van der Waals surface area contributed by atoms with E-state index in [4.69, 9.17) is 9.15 Å². The van der Waals surface area contributed by atoms with Crippen LogP contribution in [-0.4, -0.2) is 34.6 Å². The van der Waals surface area contributed by atoms with Crippen molar-refractivity contribution in [2.45, 2.75) is 20.4 Å². The summed E-state index contributed by atoms with van der Waals surface area (Å²) in [6.07, 6.45) is 2.73. The molecule has 0 aliphatic heterocycles. The fourth-order valence-electron chi connectivity index (χ4n) is 2.10. The zero-order valence-corrected chi connectivity index (χ0v) is 12.9. The predicted molar refractivity (Wildman–Crippen MR) is 82.2 cm³/mol. The molecule has 1 amide bonds. The minimum Gasteiger partial charge on any atom is -0.462 e. The molecule has 0 atom stereocenters. The Labute approximate surface area is 131 Å². The highest BCUT2D eigenvalue weighted by Crippen LogP contribution is 2.21. The van der Waals surface area contributed by atoms with Gasteiger partial charge in [-0.1, -0.05) is 6.08 Å². The molecule has 0 saturated carbocycles. The van der Waals surface area contributed by atoms with Crippen LogP contribution in [0.1, 0.15) is 23.0 Å². The molecule has 2 rings (SSSR count). The second kappa shape index (κ2) is 6.91. The number of amides is 1. The number of ether oxygens (including phenoxy) is 1. The van der Waals surface area contributed by atoms with Crippen molar-refractivity contribution in [1.82, 2.24) is 14.9 Å². The Kier molecular flexibility index (Phi) is 4.95. The van der Waals surface area contributed by atoms with Crippen LogP contribution in [0.5, 0.6) is 0 Å². The Bertz CT molecular complexity index is 818. The molecule has 0 radical (unpaired) electrons. The molecule has 0 aromatic carbocycles. The summed E-state index contributed by atoms with van der Waals surface area (Å²) >= 11 is 0. The number of fused-ring (bicyclic) bond motifs is 1. The maximum Gasteiger partial charge on any atom is 0.342 e. The fourth-order valence-corrected chi connectivity index (χ4v) is 2.10. The van der Waals surface area contributed by atoms with Crippen molar-refractivity contribution in [3.8, 4) is 0 Å². The normalized spacial score (nSPS) is 10.5. The lowest BCUT2D eigenvalue weighted by Crippen LogP contribution is -2.32. The van der Waals surface area contributed by atoms with Gasteiger partial charge in [0.1, 0.15) is 29.6 Å². The van der Waals surface area contributed by atoms with Crippen molar-refractivity contribution in [2.75, 3.05) is 13.2 Å². The zero-order valence-electron chi connectivity index (χ0n) is 12.9. The van der Waals surface area contributed by atoms with Gasteiger partial charge >= 0.3 is 5.97 Å². The maximum absolute atomic E-state index is 12.5. The van der Waals surface area contributed by atoms with Crippen LogP contribution in [0.4, 0.5) is 0 Å². The van der Waals surface area contributed by atoms with E-state index in [0.29, 0.717) is 6.54 Å². The number of nitrogens with zero attached hydrogens (tertiary/aromatic N) is 2. The molecule has 2 aromatic heterocycles. The lowest BCUT2D eigenvalue weighted by molar-refractivity contribution is -0.121. The highest BCUT2D eigenvalue weighted by Gasteiger charge is 2.24. The molecule has 0 unspecified atom stereocenters. The van der Waals surface area contributed by atoms with Gasteiger partial charge in [0.05, 0.1) is 6.61 Å². The average Bonchev–Trinajstić information content (AvgIpc) is 2.85. The first kappa shape index (κ1) is 16.5. The highest BCUT2D eigenvalue weighted by molar-refractivity contribution is 6.03. The maximum atomic E-state index is 12.5. The van der Waals surface area contributed by atoms with Crippen molar-refractivity contribution in [3.05, 3.63) is 40.7 Å². The Morgan fingerprint density at radius 2 is 2.26 bits per heavy atom. The highest BCUT2D eigenvalue weighted by atomic mass is 16.5. The summed E-state index contributed by atoms with van der Waals surface area (Å²) < 4.78 is 11.4. The van der Waals surface area contributed by atoms with Gasteiger partial charge < -0.3 is 14.5 Å². The number of hydrogen-bond donors (Lipinski definition) is 1. The van der Waals surface area contributed by atoms with Crippen molar-refractivity contribution >= 4 is 23.0 Å². The lowest BCUT2D eigenvalue weighted by atomic mass is 10.2. The number of aromatic nitrogens is 2. The van der Waals surface area contributed by atoms with Crippen LogP contribution in [0.2, 0.25) is 0 Å². The van der Waals surface area contributed by atoms with Crippen LogP contribution < -0.4 is 10.9 Å². The van der Waals surface area contributed by atoms with E-state index in [0.717, 1.165) is 4.57 Å². The Balaban J connectivity index is 2.47. The molecule has 0 fully saturated rings. The summed E-state index contributed by atoms with van der Waals surface area (Å²) in [5, 5.41) is 2.57. The van der Waals surface area contributed by atoms with E-state index < -0.39 is 11.5 Å². The van der Waals surface area contributed by atoms with Crippen LogP contribution in [0.25, 0.3) is 11.1 Å². The van der Waals surface area contributed by atoms with Gasteiger partial charge in [-0.2, -0.15) is 0 Å². The molecule has 0 saturated heterocycles. The second-order valence-electron chi connectivity index (χ2n) is 4.70. The van der Waals surface area contributed by atoms with Crippen molar-refractivity contribution < 1.29 is 18.7 Å². The molecule has 0 aliphatic rings. The molecule has 8 heteroatoms. The van der Waals surface area contributed by atoms with E-state index >= 15 is 0 Å². The van der Waals surface area contributed by atoms with Crippen LogP contribution in [-0.2, 0) is 16.1 Å². The molecule has 2 aromatic rings. The summed E-state index contributed by atoms with van der Waals surface area (Å²) in [6, 6.07) is 0. The molecule has 23 heavy (non-hydrogen) atoms. The summed E-state index contributed by atoms with van der Waals surface area (Å²) in [6.45, 7) is 6.95. The van der Waals surface area contributed by atoms with Crippen molar-refractivity contribution in [3.63, 3.8) is 0 Å². The van der Waals surface area contributed by atoms with Crippen LogP contribution >= 0.6 is 0 Å². The summed E-state index contributed by atoms with van der Waals surface area (Å²) in [4.78, 5) is 40.3. The van der Waals surface area contributed by atoms with Crippen LogP contribution in [0.3, 0.4) is 0 Å². The van der Waals surface area contributed by atoms with Gasteiger partial charge in [-0.25, -0.2) is 9.78 Å². The van der Waals surface area contributed by atoms with Gasteiger partial charge in [0.25, 0.3) is 5.56 Å². The van der Waals surface area contributed by atoms with Gasteiger partial charge in [-0.05, 0) is 13.8 Å². The first-order valence-electron chi connectivity index (χ1n) is 7.02. The number of carbonyl (C=O) groups is 2. The zero-order chi connectivity index (χ0) is 17.0. The minimum absolute atomic E-state index is 0.0139. The first-order valence-corrected chi connectivity index (χ1v) is 7.02. The number of aryl methyl sites for hydroxylation is 1. The van der Waals surface area contributed by atoms with Crippen molar-refractivity contribution in [2.24, 2.45) is 0 Å². The minimum atomic E-state index is -0.656. The molecule has 2 heterocycles. The quantitative estimate of drug-likeness (QED) is 0.623. The van der Waals surface area contributed by atoms with Crippen molar-refractivity contribution in [1.29, 1.82) is 0 Å². The van der Waals surface area contributed by atoms with Gasteiger partial charge in [0.15, 0.2) is 0 Å². The third-order valence-corrected chi connectivity index (χ3v) is 3.09. The van der Waals surface area contributed by atoms with E-state index in [2.05, 4.69) is 16.9 Å². The van der Waals surface area contributed by atoms with E-state index in [1.165, 1.54) is 12.4 Å². The van der Waals surface area contributed by atoms with E-state index in [1.54, 1.807) is 13.8 Å². The van der Waals surface area contributed by atoms with Gasteiger partial charge in [0, 0.05) is 6.54 Å². The van der Waals surface area contributed by atoms with E-state index in [1.807, 2.05) is 0 Å². The monoisotopic (exact) mass is 319 g/mol. The number of hydrogen-bond acceptors (Lipinski definition) is 6. The van der Waals surface area contributed by atoms with Crippen LogP contribution in [0, 0.1) is 6.92 Å². The molecule has 1 N–H and O–H groups in total. The van der Waals surface area contributed by atoms with E-state index in [9.17, 15) is 14.4 Å². The van der Waals surface area contributed by atoms with Gasteiger partial charge in [-0.3, -0.25) is 14.2 Å². The van der Waals surface area contributed by atoms with Gasteiger partial charge in [0.2, 0.25) is 11.6 Å². The number of nitrogens with one attached hydrogen (secondary N) is 1. The number of carbonyl (C=O) groups excluding carboxylic acids is 2. The summed E-state index contributed by atoms with van der Waals surface area (Å²) in [5.41, 5.74) is -0.456. The molecular weight excluding hydrogens is 302 g/mol. The third kappa shape index (κ3) is 3.31. The Morgan fingerprint density at radius 3 is 2.91 bits per heavy atom. The Morgan fingerprint density at radius 1 is 1.52 bits per heavy atom. The SMILES string of the molecule is C=CCNC(=O)Cn1cnc2oc(C)c(C(=O)OCC)c2c1=O. The van der Waals surface area contributed by atoms with Gasteiger partial charge in [-0.15, -0.1) is 6.58 Å². The predicted octanol–water partition coefficient (Wildman–Crippen LogP) is 0.777. The first-order chi connectivity index (χ1) is 11.0. The molecule has 122 valence electrons. The largest absolute Gasteiger partial charge is 0.462 e. The number of rotatable bonds is 6. The smallest absolute Gasteiger partial charge is 0.342 e. The standard InChI is InChI=1S/C15H17N3O5/c1-4-6-16-10(19)7-18-8-17-13-12(14(18)20)11(9(3)23-13)15(21)22-5-2/h4,8H,1,5-7H2,2-3H3,(H,16,19). The summed E-state index contributed by atoms with van der Waals surface area (Å²) in [7, 11) is 0. The molecule has 0 aliphatic carbocycles. The Hall–Kier alpha value is -2.90. The summed E-state index contributed by atoms with van der Waals surface area (Å²) in [5.74, 6) is -0.778. The average molecular weight is 319 g/mol. The number of esters is 1. The molecular formula is C15H17N3O5. The molecule has 0 spiro atoms. The fraction of sp³-hybridized carbons (Fsp3) is 0.333. The number of furan rings is 1. The topological polar surface area (TPSA) is 103 Å². The second-order valence-corrected chi connectivity index (χ2v) is 4.70. The third-order valence-electron chi connectivity index (χ3n) is 3.09.